The van der Waals surface area contributed by atoms with E-state index < -0.39 is 0 Å². The summed E-state index contributed by atoms with van der Waals surface area (Å²) in [6.45, 7) is 1.90. The molecule has 0 unspecified atom stereocenters. The molecule has 0 radical (unpaired) electrons. The largest absolute Gasteiger partial charge is 0.294 e. The van der Waals surface area contributed by atoms with Gasteiger partial charge in [-0.1, -0.05) is 30.1 Å². The molecule has 4 heteroatoms. The predicted molar refractivity (Wildman–Crippen MR) is 90.0 cm³/mol. The lowest BCUT2D eigenvalue weighted by Gasteiger charge is -2.10. The highest BCUT2D eigenvalue weighted by atomic mass is 35.5. The molecular weight excluding hydrogens is 319 g/mol. The van der Waals surface area contributed by atoms with Crippen LogP contribution in [0.2, 0.25) is 10.0 Å². The summed E-state index contributed by atoms with van der Waals surface area (Å²) in [6.07, 6.45) is 0.669. The standard InChI is InChI=1S/C18H16Cl2O2/c1-12(10-17(21)13-2-6-15(19)7-3-13)11-18(22)14-4-8-16(20)9-5-14/h2-9,12H,10-11H2,1H3. The molecule has 2 aromatic rings. The third kappa shape index (κ3) is 4.69. The van der Waals surface area contributed by atoms with Gasteiger partial charge in [-0.25, -0.2) is 0 Å². The number of ketones is 2. The lowest BCUT2D eigenvalue weighted by molar-refractivity contribution is 0.0928. The third-order valence-corrected chi connectivity index (χ3v) is 3.90. The van der Waals surface area contributed by atoms with E-state index in [2.05, 4.69) is 0 Å². The van der Waals surface area contributed by atoms with E-state index in [-0.39, 0.29) is 17.5 Å². The van der Waals surface area contributed by atoms with Crippen molar-refractivity contribution in [3.63, 3.8) is 0 Å². The maximum atomic E-state index is 12.2. The van der Waals surface area contributed by atoms with Crippen molar-refractivity contribution in [1.29, 1.82) is 0 Å². The molecule has 0 saturated carbocycles. The summed E-state index contributed by atoms with van der Waals surface area (Å²) >= 11 is 11.6. The number of hydrogen-bond acceptors (Lipinski definition) is 2. The van der Waals surface area contributed by atoms with E-state index in [9.17, 15) is 9.59 Å². The monoisotopic (exact) mass is 334 g/mol. The highest BCUT2D eigenvalue weighted by Crippen LogP contribution is 2.18. The number of benzene rings is 2. The number of halogens is 2. The van der Waals surface area contributed by atoms with E-state index in [0.29, 0.717) is 34.0 Å². The van der Waals surface area contributed by atoms with Crippen molar-refractivity contribution in [1.82, 2.24) is 0 Å². The fourth-order valence-electron chi connectivity index (χ4n) is 2.21. The zero-order chi connectivity index (χ0) is 16.1. The Morgan fingerprint density at radius 1 is 0.773 bits per heavy atom. The summed E-state index contributed by atoms with van der Waals surface area (Å²) in [7, 11) is 0. The van der Waals surface area contributed by atoms with E-state index in [1.54, 1.807) is 48.5 Å². The Bertz CT molecular complexity index is 601. The average molecular weight is 335 g/mol. The van der Waals surface area contributed by atoms with Crippen LogP contribution in [-0.2, 0) is 0 Å². The second kappa shape index (κ2) is 7.57. The second-order valence-corrected chi connectivity index (χ2v) is 6.25. The van der Waals surface area contributed by atoms with E-state index in [1.807, 2.05) is 6.92 Å². The summed E-state index contributed by atoms with van der Waals surface area (Å²) in [5.74, 6) is 0.0208. The van der Waals surface area contributed by atoms with Crippen LogP contribution in [0.4, 0.5) is 0 Å². The maximum Gasteiger partial charge on any atom is 0.163 e. The first kappa shape index (κ1) is 16.7. The van der Waals surface area contributed by atoms with Gasteiger partial charge in [-0.15, -0.1) is 0 Å². The smallest absolute Gasteiger partial charge is 0.163 e. The summed E-state index contributed by atoms with van der Waals surface area (Å²) in [5, 5.41) is 1.20. The Labute approximate surface area is 140 Å². The van der Waals surface area contributed by atoms with Gasteiger partial charge in [-0.05, 0) is 54.4 Å². The van der Waals surface area contributed by atoms with Crippen LogP contribution in [0.3, 0.4) is 0 Å². The zero-order valence-electron chi connectivity index (χ0n) is 12.2. The molecule has 2 nitrogen and oxygen atoms in total. The number of carbonyl (C=O) groups is 2. The highest BCUT2D eigenvalue weighted by molar-refractivity contribution is 6.31. The molecular formula is C18H16Cl2O2. The number of Topliss-reactive ketones (excluding diaryl/α,β-unsaturated/α-hetero) is 2. The van der Waals surface area contributed by atoms with Crippen molar-refractivity contribution in [2.24, 2.45) is 5.92 Å². The van der Waals surface area contributed by atoms with E-state index >= 15 is 0 Å². The third-order valence-electron chi connectivity index (χ3n) is 3.40. The lowest BCUT2D eigenvalue weighted by atomic mass is 9.93. The first-order chi connectivity index (χ1) is 10.5. The fraction of sp³-hybridized carbons (Fsp3) is 0.222. The van der Waals surface area contributed by atoms with E-state index in [0.717, 1.165) is 0 Å². The number of hydrogen-bond donors (Lipinski definition) is 0. The molecule has 0 fully saturated rings. The molecule has 22 heavy (non-hydrogen) atoms. The topological polar surface area (TPSA) is 34.1 Å². The van der Waals surface area contributed by atoms with Gasteiger partial charge in [0.25, 0.3) is 0 Å². The molecule has 0 heterocycles. The molecule has 0 aromatic heterocycles. The highest BCUT2D eigenvalue weighted by Gasteiger charge is 2.16. The molecule has 0 bridgehead atoms. The van der Waals surface area contributed by atoms with Crippen LogP contribution in [0.5, 0.6) is 0 Å². The summed E-state index contributed by atoms with van der Waals surface area (Å²) in [4.78, 5) is 24.3. The second-order valence-electron chi connectivity index (χ2n) is 5.37. The van der Waals surface area contributed by atoms with E-state index in [1.165, 1.54) is 0 Å². The van der Waals surface area contributed by atoms with Crippen LogP contribution < -0.4 is 0 Å². The molecule has 0 atom stereocenters. The number of carbonyl (C=O) groups excluding carboxylic acids is 2. The molecule has 0 saturated heterocycles. The van der Waals surface area contributed by atoms with Crippen LogP contribution >= 0.6 is 23.2 Å². The molecule has 0 amide bonds. The normalized spacial score (nSPS) is 10.7. The van der Waals surface area contributed by atoms with Crippen molar-refractivity contribution in [3.8, 4) is 0 Å². The summed E-state index contributed by atoms with van der Waals surface area (Å²) in [6, 6.07) is 13.6. The quantitative estimate of drug-likeness (QED) is 0.656. The van der Waals surface area contributed by atoms with Gasteiger partial charge in [0.15, 0.2) is 11.6 Å². The molecule has 2 rings (SSSR count). The van der Waals surface area contributed by atoms with Crippen molar-refractivity contribution in [2.45, 2.75) is 19.8 Å². The first-order valence-electron chi connectivity index (χ1n) is 7.03. The van der Waals surface area contributed by atoms with Crippen molar-refractivity contribution >= 4 is 34.8 Å². The average Bonchev–Trinajstić information content (AvgIpc) is 2.48. The maximum absolute atomic E-state index is 12.2. The van der Waals surface area contributed by atoms with Crippen LogP contribution in [-0.4, -0.2) is 11.6 Å². The van der Waals surface area contributed by atoms with Crippen LogP contribution in [0, 0.1) is 5.92 Å². The van der Waals surface area contributed by atoms with Gasteiger partial charge in [-0.3, -0.25) is 9.59 Å². The van der Waals surface area contributed by atoms with Crippen LogP contribution in [0.15, 0.2) is 48.5 Å². The Morgan fingerprint density at radius 2 is 1.09 bits per heavy atom. The van der Waals surface area contributed by atoms with Crippen molar-refractivity contribution in [3.05, 3.63) is 69.7 Å². The van der Waals surface area contributed by atoms with Crippen molar-refractivity contribution in [2.75, 3.05) is 0 Å². The minimum Gasteiger partial charge on any atom is -0.294 e. The van der Waals surface area contributed by atoms with Gasteiger partial charge < -0.3 is 0 Å². The molecule has 0 aliphatic rings. The van der Waals surface area contributed by atoms with Gasteiger partial charge in [0.2, 0.25) is 0 Å². The fourth-order valence-corrected chi connectivity index (χ4v) is 2.46. The van der Waals surface area contributed by atoms with Crippen LogP contribution in [0.1, 0.15) is 40.5 Å². The Balaban J connectivity index is 1.93. The minimum atomic E-state index is -0.0219. The van der Waals surface area contributed by atoms with Gasteiger partial charge in [0.1, 0.15) is 0 Å². The molecule has 2 aromatic carbocycles. The first-order valence-corrected chi connectivity index (χ1v) is 7.79. The zero-order valence-corrected chi connectivity index (χ0v) is 13.7. The van der Waals surface area contributed by atoms with Crippen LogP contribution in [0.25, 0.3) is 0 Å². The lowest BCUT2D eigenvalue weighted by Crippen LogP contribution is -2.11. The van der Waals surface area contributed by atoms with Crippen molar-refractivity contribution < 1.29 is 9.59 Å². The van der Waals surface area contributed by atoms with Gasteiger partial charge in [0.05, 0.1) is 0 Å². The Morgan fingerprint density at radius 3 is 1.41 bits per heavy atom. The summed E-state index contributed by atoms with van der Waals surface area (Å²) in [5.41, 5.74) is 1.24. The number of rotatable bonds is 6. The molecule has 0 spiro atoms. The van der Waals surface area contributed by atoms with Gasteiger partial charge >= 0.3 is 0 Å². The molecule has 0 aliphatic heterocycles. The van der Waals surface area contributed by atoms with E-state index in [4.69, 9.17) is 23.2 Å². The summed E-state index contributed by atoms with van der Waals surface area (Å²) < 4.78 is 0. The minimum absolute atomic E-state index is 0.0214. The molecule has 114 valence electrons. The SMILES string of the molecule is CC(CC(=O)c1ccc(Cl)cc1)CC(=O)c1ccc(Cl)cc1. The Hall–Kier alpha value is -1.64. The molecule has 0 N–H and O–H groups in total. The Kier molecular flexibility index (Phi) is 5.76. The predicted octanol–water partition coefficient (Wildman–Crippen LogP) is 5.48. The molecule has 0 aliphatic carbocycles. The van der Waals surface area contributed by atoms with Gasteiger partial charge in [0, 0.05) is 34.0 Å². The van der Waals surface area contributed by atoms with Gasteiger partial charge in [-0.2, -0.15) is 0 Å².